The highest BCUT2D eigenvalue weighted by atomic mass is 32.1. The van der Waals surface area contributed by atoms with Gasteiger partial charge in [0.15, 0.2) is 10.9 Å². The summed E-state index contributed by atoms with van der Waals surface area (Å²) in [4.78, 5) is 17.2. The highest BCUT2D eigenvalue weighted by Gasteiger charge is 2.25. The number of aryl methyl sites for hydroxylation is 2. The molecule has 0 spiro atoms. The first kappa shape index (κ1) is 17.1. The maximum atomic E-state index is 4.66. The van der Waals surface area contributed by atoms with E-state index in [0.717, 1.165) is 49.1 Å². The Labute approximate surface area is 157 Å². The van der Waals surface area contributed by atoms with Gasteiger partial charge >= 0.3 is 0 Å². The van der Waals surface area contributed by atoms with Crippen LogP contribution in [-0.4, -0.2) is 42.7 Å². The number of likely N-dealkylation sites (tertiary alicyclic amines) is 1. The van der Waals surface area contributed by atoms with E-state index in [1.165, 1.54) is 10.6 Å². The van der Waals surface area contributed by atoms with Crippen LogP contribution in [-0.2, 0) is 13.6 Å². The number of hydrogen-bond donors (Lipinski definition) is 1. The van der Waals surface area contributed by atoms with Gasteiger partial charge in [-0.15, -0.1) is 11.3 Å². The van der Waals surface area contributed by atoms with Crippen LogP contribution in [0.3, 0.4) is 0 Å². The Bertz CT molecular complexity index is 872. The van der Waals surface area contributed by atoms with Crippen LogP contribution in [0, 0.1) is 6.92 Å². The van der Waals surface area contributed by atoms with Gasteiger partial charge in [0.1, 0.15) is 0 Å². The van der Waals surface area contributed by atoms with Gasteiger partial charge in [0.2, 0.25) is 0 Å². The van der Waals surface area contributed by atoms with Gasteiger partial charge in [0.25, 0.3) is 0 Å². The van der Waals surface area contributed by atoms with Crippen molar-refractivity contribution >= 4 is 22.3 Å². The van der Waals surface area contributed by atoms with Crippen molar-refractivity contribution in [1.82, 2.24) is 29.6 Å². The second-order valence-electron chi connectivity index (χ2n) is 6.71. The minimum Gasteiger partial charge on any atom is -0.315 e. The summed E-state index contributed by atoms with van der Waals surface area (Å²) < 4.78 is 1.95. The molecule has 0 aromatic carbocycles. The van der Waals surface area contributed by atoms with Crippen molar-refractivity contribution in [2.75, 3.05) is 18.4 Å². The molecule has 136 valence electrons. The first-order valence-corrected chi connectivity index (χ1v) is 9.70. The molecule has 1 saturated heterocycles. The van der Waals surface area contributed by atoms with Crippen LogP contribution >= 0.6 is 11.3 Å². The Morgan fingerprint density at radius 3 is 2.88 bits per heavy atom. The molecule has 4 rings (SSSR count). The first-order chi connectivity index (χ1) is 12.7. The quantitative estimate of drug-likeness (QED) is 0.745. The highest BCUT2D eigenvalue weighted by molar-refractivity contribution is 7.15. The second kappa shape index (κ2) is 7.51. The zero-order valence-electron chi connectivity index (χ0n) is 15.1. The zero-order valence-corrected chi connectivity index (χ0v) is 15.9. The number of hydrogen-bond acceptors (Lipinski definition) is 7. The summed E-state index contributed by atoms with van der Waals surface area (Å²) >= 11 is 1.63. The third-order valence-corrected chi connectivity index (χ3v) is 5.60. The summed E-state index contributed by atoms with van der Waals surface area (Å²) in [6, 6.07) is 2.09. The third kappa shape index (κ3) is 3.76. The highest BCUT2D eigenvalue weighted by Crippen LogP contribution is 2.31. The topological polar surface area (TPSA) is 71.8 Å². The normalized spacial score (nSPS) is 18.2. The second-order valence-corrected chi connectivity index (χ2v) is 7.95. The predicted molar refractivity (Wildman–Crippen MR) is 103 cm³/mol. The molecule has 1 aliphatic rings. The summed E-state index contributed by atoms with van der Waals surface area (Å²) in [5.41, 5.74) is 2.27. The van der Waals surface area contributed by atoms with Crippen molar-refractivity contribution in [2.24, 2.45) is 7.05 Å². The Hall–Kier alpha value is -2.32. The van der Waals surface area contributed by atoms with E-state index in [1.54, 1.807) is 23.7 Å². The van der Waals surface area contributed by atoms with Crippen molar-refractivity contribution in [3.8, 4) is 0 Å². The molecule has 0 saturated carbocycles. The molecule has 3 aromatic heterocycles. The lowest BCUT2D eigenvalue weighted by molar-refractivity contribution is 0.194. The number of nitrogens with one attached hydrogen (secondary N) is 1. The minimum absolute atomic E-state index is 0.370. The van der Waals surface area contributed by atoms with Gasteiger partial charge in [-0.25, -0.2) is 9.97 Å². The Morgan fingerprint density at radius 1 is 1.23 bits per heavy atom. The van der Waals surface area contributed by atoms with Crippen molar-refractivity contribution < 1.29 is 0 Å². The fourth-order valence-corrected chi connectivity index (χ4v) is 4.13. The lowest BCUT2D eigenvalue weighted by Gasteiger charge is -2.32. The fourth-order valence-electron chi connectivity index (χ4n) is 3.47. The molecule has 1 N–H and O–H groups in total. The van der Waals surface area contributed by atoms with Crippen molar-refractivity contribution in [1.29, 1.82) is 0 Å². The van der Waals surface area contributed by atoms with Gasteiger partial charge in [-0.05, 0) is 32.4 Å². The summed E-state index contributed by atoms with van der Waals surface area (Å²) in [5, 5.41) is 8.50. The first-order valence-electron chi connectivity index (χ1n) is 8.88. The number of thiazole rings is 1. The Morgan fingerprint density at radius 2 is 2.12 bits per heavy atom. The molecule has 1 aliphatic heterocycles. The van der Waals surface area contributed by atoms with Gasteiger partial charge in [0, 0.05) is 55.7 Å². The smallest absolute Gasteiger partial charge is 0.188 e. The molecule has 3 aromatic rings. The van der Waals surface area contributed by atoms with Crippen LogP contribution < -0.4 is 5.32 Å². The van der Waals surface area contributed by atoms with Gasteiger partial charge < -0.3 is 5.32 Å². The Kier molecular flexibility index (Phi) is 4.94. The molecule has 1 fully saturated rings. The largest absolute Gasteiger partial charge is 0.315 e. The van der Waals surface area contributed by atoms with E-state index in [-0.39, 0.29) is 0 Å². The van der Waals surface area contributed by atoms with Crippen LogP contribution in [0.1, 0.15) is 35.0 Å². The van der Waals surface area contributed by atoms with E-state index in [0.29, 0.717) is 5.92 Å². The van der Waals surface area contributed by atoms with Gasteiger partial charge in [-0.1, -0.05) is 0 Å². The van der Waals surface area contributed by atoms with Crippen LogP contribution in [0.25, 0.3) is 0 Å². The van der Waals surface area contributed by atoms with E-state index in [1.807, 2.05) is 24.1 Å². The van der Waals surface area contributed by atoms with Crippen LogP contribution in [0.15, 0.2) is 30.9 Å². The SMILES string of the molecule is Cc1cnc(Nc2nccnc2C2CCCN(Cc3ccnn3C)C2)s1. The van der Waals surface area contributed by atoms with Crippen molar-refractivity contribution in [3.63, 3.8) is 0 Å². The summed E-state index contributed by atoms with van der Waals surface area (Å²) in [6.45, 7) is 5.06. The van der Waals surface area contributed by atoms with E-state index in [9.17, 15) is 0 Å². The Balaban J connectivity index is 1.50. The molecule has 0 aliphatic carbocycles. The number of nitrogens with zero attached hydrogens (tertiary/aromatic N) is 6. The average Bonchev–Trinajstić information content (AvgIpc) is 3.24. The maximum Gasteiger partial charge on any atom is 0.188 e. The zero-order chi connectivity index (χ0) is 17.9. The number of rotatable bonds is 5. The molecular formula is C18H23N7S. The monoisotopic (exact) mass is 369 g/mol. The average molecular weight is 369 g/mol. The van der Waals surface area contributed by atoms with Gasteiger partial charge in [0.05, 0.1) is 11.4 Å². The van der Waals surface area contributed by atoms with E-state index in [2.05, 4.69) is 43.3 Å². The van der Waals surface area contributed by atoms with Crippen molar-refractivity contribution in [2.45, 2.75) is 32.2 Å². The lowest BCUT2D eigenvalue weighted by atomic mass is 9.94. The van der Waals surface area contributed by atoms with Crippen LogP contribution in [0.2, 0.25) is 0 Å². The van der Waals surface area contributed by atoms with Crippen LogP contribution in [0.5, 0.6) is 0 Å². The molecule has 0 bridgehead atoms. The summed E-state index contributed by atoms with van der Waals surface area (Å²) in [7, 11) is 2.00. The number of anilines is 2. The minimum atomic E-state index is 0.370. The van der Waals surface area contributed by atoms with Crippen LogP contribution in [0.4, 0.5) is 10.9 Å². The molecule has 7 nitrogen and oxygen atoms in total. The molecule has 0 amide bonds. The lowest BCUT2D eigenvalue weighted by Crippen LogP contribution is -2.35. The number of aromatic nitrogens is 5. The molecule has 1 unspecified atom stereocenters. The maximum absolute atomic E-state index is 4.66. The molecular weight excluding hydrogens is 346 g/mol. The molecule has 8 heteroatoms. The van der Waals surface area contributed by atoms with Crippen molar-refractivity contribution in [3.05, 3.63) is 47.1 Å². The summed E-state index contributed by atoms with van der Waals surface area (Å²) in [5.74, 6) is 1.20. The molecule has 26 heavy (non-hydrogen) atoms. The number of piperidine rings is 1. The van der Waals surface area contributed by atoms with E-state index >= 15 is 0 Å². The predicted octanol–water partition coefficient (Wildman–Crippen LogP) is 3.10. The fraction of sp³-hybridized carbons (Fsp3) is 0.444. The van der Waals surface area contributed by atoms with E-state index in [4.69, 9.17) is 0 Å². The summed E-state index contributed by atoms with van der Waals surface area (Å²) in [6.07, 6.45) is 9.55. The van der Waals surface area contributed by atoms with Gasteiger partial charge in [-0.2, -0.15) is 5.10 Å². The van der Waals surface area contributed by atoms with Gasteiger partial charge in [-0.3, -0.25) is 14.6 Å². The molecule has 4 heterocycles. The molecule has 1 atom stereocenters. The third-order valence-electron chi connectivity index (χ3n) is 4.77. The standard InChI is InChI=1S/C18H23N7S/c1-13-10-21-18(26-13)23-17-16(19-7-8-20-17)14-4-3-9-25(11-14)12-15-5-6-22-24(15)2/h5-8,10,14H,3-4,9,11-12H2,1-2H3,(H,20,21,23). The molecule has 0 radical (unpaired) electrons. The van der Waals surface area contributed by atoms with E-state index < -0.39 is 0 Å².